The van der Waals surface area contributed by atoms with Crippen molar-refractivity contribution in [1.29, 1.82) is 0 Å². The first-order valence-electron chi connectivity index (χ1n) is 7.21. The van der Waals surface area contributed by atoms with E-state index in [1.807, 2.05) is 60.7 Å². The molecule has 0 saturated carbocycles. The molecule has 23 heavy (non-hydrogen) atoms. The number of hydrazine groups is 1. The number of nitrogens with two attached hydrogens (primary N) is 1. The van der Waals surface area contributed by atoms with Gasteiger partial charge in [0.05, 0.1) is 6.04 Å². The molecule has 0 fully saturated rings. The molecule has 6 heteroatoms. The number of hydrogen-bond acceptors (Lipinski definition) is 4. The van der Waals surface area contributed by atoms with Crippen LogP contribution in [0.15, 0.2) is 60.7 Å². The largest absolute Gasteiger partial charge is 0.443 e. The molecule has 0 unspecified atom stereocenters. The average Bonchev–Trinajstić information content (AvgIpc) is 2.59. The fourth-order valence-corrected chi connectivity index (χ4v) is 1.93. The SMILES string of the molecule is N[C@@H](Cc1ccccc1)C(=O)NNC(=O)OCc1ccccc1. The van der Waals surface area contributed by atoms with Crippen LogP contribution in [0.1, 0.15) is 11.1 Å². The van der Waals surface area contributed by atoms with Crippen molar-refractivity contribution in [3.8, 4) is 0 Å². The van der Waals surface area contributed by atoms with E-state index < -0.39 is 18.0 Å². The van der Waals surface area contributed by atoms with Crippen LogP contribution in [0.5, 0.6) is 0 Å². The maximum absolute atomic E-state index is 11.8. The second-order valence-electron chi connectivity index (χ2n) is 4.97. The number of ether oxygens (including phenoxy) is 1. The predicted molar refractivity (Wildman–Crippen MR) is 86.0 cm³/mol. The van der Waals surface area contributed by atoms with E-state index in [4.69, 9.17) is 10.5 Å². The lowest BCUT2D eigenvalue weighted by molar-refractivity contribution is -0.123. The van der Waals surface area contributed by atoms with E-state index >= 15 is 0 Å². The second kappa shape index (κ2) is 8.55. The van der Waals surface area contributed by atoms with E-state index in [2.05, 4.69) is 10.9 Å². The molecular weight excluding hydrogens is 294 g/mol. The van der Waals surface area contributed by atoms with Gasteiger partial charge in [0.2, 0.25) is 0 Å². The molecule has 2 aromatic carbocycles. The zero-order chi connectivity index (χ0) is 16.5. The molecule has 120 valence electrons. The lowest BCUT2D eigenvalue weighted by Crippen LogP contribution is -2.50. The summed E-state index contributed by atoms with van der Waals surface area (Å²) in [5, 5.41) is 0. The summed E-state index contributed by atoms with van der Waals surface area (Å²) in [6.07, 6.45) is -0.359. The Hall–Kier alpha value is -2.86. The summed E-state index contributed by atoms with van der Waals surface area (Å²) in [4.78, 5) is 23.3. The zero-order valence-electron chi connectivity index (χ0n) is 12.6. The minimum absolute atomic E-state index is 0.124. The third-order valence-electron chi connectivity index (χ3n) is 3.14. The highest BCUT2D eigenvalue weighted by Crippen LogP contribution is 2.02. The molecule has 0 spiro atoms. The summed E-state index contributed by atoms with van der Waals surface area (Å²) in [6.45, 7) is 0.124. The normalized spacial score (nSPS) is 11.3. The molecule has 0 bridgehead atoms. The first kappa shape index (κ1) is 16.5. The van der Waals surface area contributed by atoms with E-state index in [-0.39, 0.29) is 6.61 Å². The van der Waals surface area contributed by atoms with Crippen LogP contribution >= 0.6 is 0 Å². The van der Waals surface area contributed by atoms with Crippen molar-refractivity contribution < 1.29 is 14.3 Å². The topological polar surface area (TPSA) is 93.5 Å². The Bertz CT molecular complexity index is 632. The van der Waals surface area contributed by atoms with Crippen LogP contribution in [0.2, 0.25) is 0 Å². The summed E-state index contributed by atoms with van der Waals surface area (Å²) in [6, 6.07) is 17.9. The molecule has 0 heterocycles. The van der Waals surface area contributed by atoms with Crippen molar-refractivity contribution in [2.45, 2.75) is 19.1 Å². The smallest absolute Gasteiger partial charge is 0.426 e. The zero-order valence-corrected chi connectivity index (χ0v) is 12.6. The third-order valence-corrected chi connectivity index (χ3v) is 3.14. The number of amides is 2. The molecule has 0 radical (unpaired) electrons. The molecular formula is C17H19N3O3. The van der Waals surface area contributed by atoms with Gasteiger partial charge in [0.1, 0.15) is 6.61 Å². The van der Waals surface area contributed by atoms with Gasteiger partial charge in [0.25, 0.3) is 5.91 Å². The first-order chi connectivity index (χ1) is 11.1. The Morgan fingerprint density at radius 2 is 1.48 bits per heavy atom. The van der Waals surface area contributed by atoms with Crippen LogP contribution in [0.3, 0.4) is 0 Å². The predicted octanol–water partition coefficient (Wildman–Crippen LogP) is 1.51. The van der Waals surface area contributed by atoms with Gasteiger partial charge in [-0.2, -0.15) is 0 Å². The monoisotopic (exact) mass is 313 g/mol. The second-order valence-corrected chi connectivity index (χ2v) is 4.97. The first-order valence-corrected chi connectivity index (χ1v) is 7.21. The van der Waals surface area contributed by atoms with Gasteiger partial charge < -0.3 is 10.5 Å². The van der Waals surface area contributed by atoms with Crippen LogP contribution in [-0.2, 0) is 22.6 Å². The number of rotatable bonds is 5. The van der Waals surface area contributed by atoms with Crippen LogP contribution in [-0.4, -0.2) is 18.0 Å². The molecule has 0 saturated heterocycles. The molecule has 6 nitrogen and oxygen atoms in total. The molecule has 0 aromatic heterocycles. The van der Waals surface area contributed by atoms with Crippen molar-refractivity contribution in [3.63, 3.8) is 0 Å². The summed E-state index contributed by atoms with van der Waals surface area (Å²) in [5.74, 6) is -0.481. The quantitative estimate of drug-likeness (QED) is 0.730. The molecule has 2 rings (SSSR count). The summed E-state index contributed by atoms with van der Waals surface area (Å²) in [5.41, 5.74) is 12.0. The van der Waals surface area contributed by atoms with Crippen LogP contribution in [0.4, 0.5) is 4.79 Å². The number of benzene rings is 2. The van der Waals surface area contributed by atoms with Crippen molar-refractivity contribution in [2.75, 3.05) is 0 Å². The lowest BCUT2D eigenvalue weighted by Gasteiger charge is -2.13. The highest BCUT2D eigenvalue weighted by molar-refractivity contribution is 5.83. The Morgan fingerprint density at radius 3 is 2.09 bits per heavy atom. The van der Waals surface area contributed by atoms with Gasteiger partial charge in [-0.05, 0) is 17.5 Å². The molecule has 2 aromatic rings. The average molecular weight is 313 g/mol. The summed E-state index contributed by atoms with van der Waals surface area (Å²) < 4.78 is 4.97. The van der Waals surface area contributed by atoms with Crippen LogP contribution < -0.4 is 16.6 Å². The Balaban J connectivity index is 1.70. The minimum atomic E-state index is -0.758. The van der Waals surface area contributed by atoms with Crippen LogP contribution in [0.25, 0.3) is 0 Å². The highest BCUT2D eigenvalue weighted by atomic mass is 16.6. The molecule has 0 aliphatic heterocycles. The Labute approximate surface area is 134 Å². The summed E-state index contributed by atoms with van der Waals surface area (Å²) >= 11 is 0. The number of nitrogens with one attached hydrogen (secondary N) is 2. The Morgan fingerprint density at radius 1 is 0.913 bits per heavy atom. The van der Waals surface area contributed by atoms with Gasteiger partial charge in [-0.15, -0.1) is 0 Å². The fraction of sp³-hybridized carbons (Fsp3) is 0.176. The van der Waals surface area contributed by atoms with Gasteiger partial charge in [0, 0.05) is 0 Å². The van der Waals surface area contributed by atoms with E-state index in [0.717, 1.165) is 11.1 Å². The Kier molecular flexibility index (Phi) is 6.14. The standard InChI is InChI=1S/C17H19N3O3/c18-15(11-13-7-3-1-4-8-13)16(21)19-20-17(22)23-12-14-9-5-2-6-10-14/h1-10,15H,11-12,18H2,(H,19,21)(H,20,22)/t15-/m0/s1. The molecule has 4 N–H and O–H groups in total. The fourth-order valence-electron chi connectivity index (χ4n) is 1.93. The van der Waals surface area contributed by atoms with Crippen molar-refractivity contribution in [3.05, 3.63) is 71.8 Å². The van der Waals surface area contributed by atoms with Gasteiger partial charge >= 0.3 is 6.09 Å². The maximum Gasteiger partial charge on any atom is 0.426 e. The van der Waals surface area contributed by atoms with E-state index in [1.165, 1.54) is 0 Å². The van der Waals surface area contributed by atoms with Gasteiger partial charge in [-0.25, -0.2) is 10.2 Å². The van der Waals surface area contributed by atoms with Gasteiger partial charge in [-0.3, -0.25) is 10.2 Å². The molecule has 0 aliphatic carbocycles. The molecule has 2 amide bonds. The van der Waals surface area contributed by atoms with Crippen molar-refractivity contribution in [2.24, 2.45) is 5.73 Å². The number of hydrogen-bond donors (Lipinski definition) is 3. The molecule has 0 aliphatic rings. The van der Waals surface area contributed by atoms with Crippen LogP contribution in [0, 0.1) is 0 Å². The van der Waals surface area contributed by atoms with E-state index in [9.17, 15) is 9.59 Å². The van der Waals surface area contributed by atoms with E-state index in [0.29, 0.717) is 6.42 Å². The van der Waals surface area contributed by atoms with Gasteiger partial charge in [-0.1, -0.05) is 60.7 Å². The van der Waals surface area contributed by atoms with Crippen molar-refractivity contribution in [1.82, 2.24) is 10.9 Å². The minimum Gasteiger partial charge on any atom is -0.443 e. The number of carbonyl (C=O) groups is 2. The lowest BCUT2D eigenvalue weighted by atomic mass is 10.1. The maximum atomic E-state index is 11.8. The number of carbonyl (C=O) groups excluding carboxylic acids is 2. The van der Waals surface area contributed by atoms with Gasteiger partial charge in [0.15, 0.2) is 0 Å². The van der Waals surface area contributed by atoms with E-state index in [1.54, 1.807) is 0 Å². The third kappa shape index (κ3) is 5.80. The highest BCUT2D eigenvalue weighted by Gasteiger charge is 2.15. The van der Waals surface area contributed by atoms with Crippen molar-refractivity contribution >= 4 is 12.0 Å². The summed E-state index contributed by atoms with van der Waals surface area (Å²) in [7, 11) is 0. The molecule has 1 atom stereocenters.